The fraction of sp³-hybridized carbons (Fsp3) is 0.389. The van der Waals surface area contributed by atoms with Crippen LogP contribution in [0.2, 0.25) is 0 Å². The molecule has 0 spiro atoms. The molecule has 24 heavy (non-hydrogen) atoms. The number of nitrogens with one attached hydrogen (secondary N) is 1. The lowest BCUT2D eigenvalue weighted by Crippen LogP contribution is -2.39. The number of hydrogen-bond acceptors (Lipinski definition) is 4. The van der Waals surface area contributed by atoms with Crippen LogP contribution in [0, 0.1) is 0 Å². The number of methoxy groups -OCH3 is 1. The second-order valence-electron chi connectivity index (χ2n) is 5.75. The summed E-state index contributed by atoms with van der Waals surface area (Å²) in [5.41, 5.74) is 0.720. The van der Waals surface area contributed by atoms with Crippen LogP contribution < -0.4 is 10.1 Å². The van der Waals surface area contributed by atoms with E-state index in [9.17, 15) is 4.79 Å². The van der Waals surface area contributed by atoms with Crippen molar-refractivity contribution in [1.82, 2.24) is 4.90 Å². The van der Waals surface area contributed by atoms with Gasteiger partial charge >= 0.3 is 6.03 Å². The Morgan fingerprint density at radius 1 is 1.33 bits per heavy atom. The van der Waals surface area contributed by atoms with E-state index >= 15 is 0 Å². The topological polar surface area (TPSA) is 63.9 Å². The Morgan fingerprint density at radius 2 is 2.17 bits per heavy atom. The maximum atomic E-state index is 12.7. The Bertz CT molecular complexity index is 634. The summed E-state index contributed by atoms with van der Waals surface area (Å²) in [5.74, 6) is 1.50. The van der Waals surface area contributed by atoms with E-state index in [1.165, 1.54) is 0 Å². The molecule has 1 aromatic heterocycles. The number of benzene rings is 1. The highest BCUT2D eigenvalue weighted by molar-refractivity contribution is 5.89. The van der Waals surface area contributed by atoms with Crippen molar-refractivity contribution in [1.29, 1.82) is 0 Å². The van der Waals surface area contributed by atoms with E-state index in [1.807, 2.05) is 36.4 Å². The van der Waals surface area contributed by atoms with Gasteiger partial charge in [0.1, 0.15) is 11.5 Å². The molecule has 1 atom stereocenters. The molecule has 1 saturated heterocycles. The van der Waals surface area contributed by atoms with E-state index in [1.54, 1.807) is 18.3 Å². The third-order valence-electron chi connectivity index (χ3n) is 4.00. The zero-order valence-electron chi connectivity index (χ0n) is 13.7. The molecule has 0 aliphatic carbocycles. The number of hydrogen-bond donors (Lipinski definition) is 1. The van der Waals surface area contributed by atoms with E-state index in [2.05, 4.69) is 5.32 Å². The zero-order valence-corrected chi connectivity index (χ0v) is 13.7. The van der Waals surface area contributed by atoms with E-state index in [-0.39, 0.29) is 12.1 Å². The second kappa shape index (κ2) is 7.88. The molecule has 1 unspecified atom stereocenters. The molecule has 0 radical (unpaired) electrons. The molecule has 6 nitrogen and oxygen atoms in total. The lowest BCUT2D eigenvalue weighted by Gasteiger charge is -2.25. The number of amides is 2. The van der Waals surface area contributed by atoms with Crippen LogP contribution in [0.15, 0.2) is 47.1 Å². The summed E-state index contributed by atoms with van der Waals surface area (Å²) < 4.78 is 16.2. The number of nitrogens with zero attached hydrogens (tertiary/aromatic N) is 1. The summed E-state index contributed by atoms with van der Waals surface area (Å²) in [5, 5.41) is 2.91. The summed E-state index contributed by atoms with van der Waals surface area (Å²) in [6.45, 7) is 1.72. The molecule has 1 aromatic carbocycles. The Labute approximate surface area is 141 Å². The normalized spacial score (nSPS) is 16.8. The Hall–Kier alpha value is -2.47. The number of furan rings is 1. The van der Waals surface area contributed by atoms with Crippen LogP contribution >= 0.6 is 0 Å². The smallest absolute Gasteiger partial charge is 0.322 e. The van der Waals surface area contributed by atoms with Crippen molar-refractivity contribution in [3.63, 3.8) is 0 Å². The van der Waals surface area contributed by atoms with Gasteiger partial charge in [0.05, 0.1) is 26.0 Å². The van der Waals surface area contributed by atoms with E-state index in [4.69, 9.17) is 13.9 Å². The summed E-state index contributed by atoms with van der Waals surface area (Å²) in [6, 6.07) is 10.8. The molecule has 2 heterocycles. The molecular weight excluding hydrogens is 308 g/mol. The first-order valence-corrected chi connectivity index (χ1v) is 8.08. The van der Waals surface area contributed by atoms with Crippen LogP contribution in [0.1, 0.15) is 18.6 Å². The van der Waals surface area contributed by atoms with Crippen molar-refractivity contribution in [2.45, 2.75) is 25.5 Å². The van der Waals surface area contributed by atoms with E-state index in [0.717, 1.165) is 36.6 Å². The first-order chi connectivity index (χ1) is 11.7. The lowest BCUT2D eigenvalue weighted by atomic mass is 10.2. The number of carbonyl (C=O) groups is 1. The molecule has 0 saturated carbocycles. The van der Waals surface area contributed by atoms with Gasteiger partial charge in [-0.05, 0) is 49.2 Å². The standard InChI is InChI=1S/C18H22N2O4/c1-22-15-8-6-14(7-9-15)19-18(21)20(12-16-4-2-10-23-16)13-17-5-3-11-24-17/h2,4,6-10,17H,3,5,11-13H2,1H3,(H,19,21). The Balaban J connectivity index is 1.66. The van der Waals surface area contributed by atoms with Crippen LogP contribution in [0.4, 0.5) is 10.5 Å². The molecule has 6 heteroatoms. The fourth-order valence-corrected chi connectivity index (χ4v) is 2.72. The lowest BCUT2D eigenvalue weighted by molar-refractivity contribution is 0.0803. The van der Waals surface area contributed by atoms with Crippen LogP contribution in [-0.4, -0.2) is 37.3 Å². The average Bonchev–Trinajstić information content (AvgIpc) is 3.29. The number of carbonyl (C=O) groups excluding carboxylic acids is 1. The van der Waals surface area contributed by atoms with Gasteiger partial charge in [-0.1, -0.05) is 0 Å². The van der Waals surface area contributed by atoms with Crippen LogP contribution in [0.3, 0.4) is 0 Å². The molecule has 3 rings (SSSR count). The molecule has 1 N–H and O–H groups in total. The summed E-state index contributed by atoms with van der Waals surface area (Å²) in [7, 11) is 1.61. The summed E-state index contributed by atoms with van der Waals surface area (Å²) in [6.07, 6.45) is 3.71. The van der Waals surface area contributed by atoms with Crippen LogP contribution in [0.5, 0.6) is 5.75 Å². The third kappa shape index (κ3) is 4.29. The molecule has 1 aliphatic rings. The second-order valence-corrected chi connectivity index (χ2v) is 5.75. The predicted octanol–water partition coefficient (Wildman–Crippen LogP) is 3.50. The Kier molecular flexibility index (Phi) is 5.38. The van der Waals surface area contributed by atoms with Crippen molar-refractivity contribution in [2.75, 3.05) is 25.6 Å². The maximum absolute atomic E-state index is 12.7. The highest BCUT2D eigenvalue weighted by Gasteiger charge is 2.23. The summed E-state index contributed by atoms with van der Waals surface area (Å²) in [4.78, 5) is 14.4. The van der Waals surface area contributed by atoms with Crippen LogP contribution in [-0.2, 0) is 11.3 Å². The van der Waals surface area contributed by atoms with Crippen molar-refractivity contribution < 1.29 is 18.7 Å². The van der Waals surface area contributed by atoms with Gasteiger partial charge in [0.15, 0.2) is 0 Å². The Morgan fingerprint density at radius 3 is 2.79 bits per heavy atom. The molecular formula is C18H22N2O4. The number of rotatable bonds is 6. The zero-order chi connectivity index (χ0) is 16.8. The van der Waals surface area contributed by atoms with Gasteiger partial charge < -0.3 is 24.1 Å². The molecule has 0 bridgehead atoms. The minimum Gasteiger partial charge on any atom is -0.497 e. The molecule has 2 amide bonds. The monoisotopic (exact) mass is 330 g/mol. The van der Waals surface area contributed by atoms with Gasteiger partial charge in [0.2, 0.25) is 0 Å². The largest absolute Gasteiger partial charge is 0.497 e. The van der Waals surface area contributed by atoms with Crippen LogP contribution in [0.25, 0.3) is 0 Å². The highest BCUT2D eigenvalue weighted by atomic mass is 16.5. The highest BCUT2D eigenvalue weighted by Crippen LogP contribution is 2.18. The SMILES string of the molecule is COc1ccc(NC(=O)N(Cc2ccco2)CC2CCCO2)cc1. The number of urea groups is 1. The minimum absolute atomic E-state index is 0.0848. The van der Waals surface area contributed by atoms with Gasteiger partial charge in [0, 0.05) is 18.8 Å². The van der Waals surface area contributed by atoms with E-state index in [0.29, 0.717) is 13.1 Å². The number of anilines is 1. The van der Waals surface area contributed by atoms with Gasteiger partial charge in [-0.15, -0.1) is 0 Å². The average molecular weight is 330 g/mol. The quantitative estimate of drug-likeness (QED) is 0.880. The first kappa shape index (κ1) is 16.4. The van der Waals surface area contributed by atoms with Gasteiger partial charge in [-0.2, -0.15) is 0 Å². The first-order valence-electron chi connectivity index (χ1n) is 8.08. The van der Waals surface area contributed by atoms with Gasteiger partial charge in [-0.3, -0.25) is 0 Å². The van der Waals surface area contributed by atoms with Gasteiger partial charge in [0.25, 0.3) is 0 Å². The molecule has 2 aromatic rings. The van der Waals surface area contributed by atoms with Crippen molar-refractivity contribution in [3.8, 4) is 5.75 Å². The molecule has 1 aliphatic heterocycles. The molecule has 1 fully saturated rings. The van der Waals surface area contributed by atoms with E-state index < -0.39 is 0 Å². The van der Waals surface area contributed by atoms with Crippen molar-refractivity contribution in [3.05, 3.63) is 48.4 Å². The molecule has 128 valence electrons. The summed E-state index contributed by atoms with van der Waals surface area (Å²) >= 11 is 0. The third-order valence-corrected chi connectivity index (χ3v) is 4.00. The van der Waals surface area contributed by atoms with Gasteiger partial charge in [-0.25, -0.2) is 4.79 Å². The number of ether oxygens (including phenoxy) is 2. The van der Waals surface area contributed by atoms with Crippen molar-refractivity contribution >= 4 is 11.7 Å². The minimum atomic E-state index is -0.174. The maximum Gasteiger partial charge on any atom is 0.322 e. The predicted molar refractivity (Wildman–Crippen MR) is 90.1 cm³/mol. The van der Waals surface area contributed by atoms with Crippen molar-refractivity contribution in [2.24, 2.45) is 0 Å². The fourth-order valence-electron chi connectivity index (χ4n) is 2.72.